The third-order valence-corrected chi connectivity index (χ3v) is 4.62. The number of para-hydroxylation sites is 1. The first-order valence-corrected chi connectivity index (χ1v) is 18.2. The van der Waals surface area contributed by atoms with Gasteiger partial charge in [-0.15, -0.1) is 0 Å². The number of oxime groups is 1. The summed E-state index contributed by atoms with van der Waals surface area (Å²) in [6, 6.07) is 7.92. The molecule has 0 aliphatic rings. The van der Waals surface area contributed by atoms with E-state index in [0.29, 0.717) is 5.90 Å². The first-order chi connectivity index (χ1) is 10.3. The van der Waals surface area contributed by atoms with Crippen LogP contribution in [0, 0.1) is 0 Å². The Kier molecular flexibility index (Phi) is 6.28. The predicted molar refractivity (Wildman–Crippen MR) is 106 cm³/mol. The van der Waals surface area contributed by atoms with Gasteiger partial charge in [0, 0.05) is 0 Å². The zero-order valence-corrected chi connectivity index (χ0v) is 19.0. The Balaban J connectivity index is 3.26. The highest BCUT2D eigenvalue weighted by Gasteiger charge is 2.26. The van der Waals surface area contributed by atoms with Crippen LogP contribution < -0.4 is 4.43 Å². The summed E-state index contributed by atoms with van der Waals surface area (Å²) in [6.45, 7) is 19.2. The molecule has 0 unspecified atom stereocenters. The third kappa shape index (κ3) is 8.38. The highest BCUT2D eigenvalue weighted by molar-refractivity contribution is 6.72. The van der Waals surface area contributed by atoms with Crippen LogP contribution >= 0.6 is 0 Å². The number of hydrogen-bond acceptors (Lipinski definition) is 4. The standard InChI is InChI=1S/C16H31NO3Si3/c1-21(2,3)18-15-13-11-10-12-14(15)16(19-22(4,5)6)17-20-23(7,8)9/h10-13H,1-9H3/b17-16-. The van der Waals surface area contributed by atoms with E-state index >= 15 is 0 Å². The van der Waals surface area contributed by atoms with E-state index in [1.807, 2.05) is 24.3 Å². The Morgan fingerprint density at radius 3 is 1.83 bits per heavy atom. The zero-order valence-electron chi connectivity index (χ0n) is 16.0. The number of nitrogens with zero attached hydrogens (tertiary/aromatic N) is 1. The molecular weight excluding hydrogens is 338 g/mol. The van der Waals surface area contributed by atoms with Crippen LogP contribution in [0.3, 0.4) is 0 Å². The molecule has 7 heteroatoms. The van der Waals surface area contributed by atoms with Crippen LogP contribution in [0.5, 0.6) is 5.75 Å². The molecule has 0 amide bonds. The van der Waals surface area contributed by atoms with Gasteiger partial charge in [0.15, 0.2) is 0 Å². The van der Waals surface area contributed by atoms with Gasteiger partial charge in [0.2, 0.25) is 22.5 Å². The van der Waals surface area contributed by atoms with Crippen molar-refractivity contribution in [2.75, 3.05) is 0 Å². The first kappa shape index (κ1) is 20.0. The zero-order chi connectivity index (χ0) is 17.9. The van der Waals surface area contributed by atoms with Gasteiger partial charge >= 0.3 is 0 Å². The van der Waals surface area contributed by atoms with Crippen molar-refractivity contribution in [3.8, 4) is 5.75 Å². The SMILES string of the molecule is C[Si](C)(C)O/N=C(\O[Si](C)(C)C)c1ccccc1O[Si](C)(C)C. The van der Waals surface area contributed by atoms with E-state index in [4.69, 9.17) is 13.4 Å². The average molecular weight is 370 g/mol. The van der Waals surface area contributed by atoms with Crippen molar-refractivity contribution in [3.05, 3.63) is 29.8 Å². The summed E-state index contributed by atoms with van der Waals surface area (Å²) >= 11 is 0. The van der Waals surface area contributed by atoms with Crippen molar-refractivity contribution < 1.29 is 13.4 Å². The molecule has 23 heavy (non-hydrogen) atoms. The molecule has 0 saturated carbocycles. The minimum absolute atomic E-state index is 0.542. The summed E-state index contributed by atoms with van der Waals surface area (Å²) in [4.78, 5) is 0. The van der Waals surface area contributed by atoms with Crippen molar-refractivity contribution in [1.29, 1.82) is 0 Å². The molecule has 0 heterocycles. The molecule has 0 saturated heterocycles. The van der Waals surface area contributed by atoms with E-state index in [2.05, 4.69) is 64.1 Å². The van der Waals surface area contributed by atoms with E-state index in [-0.39, 0.29) is 0 Å². The molecule has 0 aliphatic carbocycles. The average Bonchev–Trinajstić information content (AvgIpc) is 2.31. The maximum Gasteiger partial charge on any atom is 0.278 e. The third-order valence-electron chi connectivity index (χ3n) is 2.34. The van der Waals surface area contributed by atoms with Crippen LogP contribution in [0.4, 0.5) is 0 Å². The minimum atomic E-state index is -1.82. The minimum Gasteiger partial charge on any atom is -0.544 e. The predicted octanol–water partition coefficient (Wildman–Crippen LogP) is 5.26. The van der Waals surface area contributed by atoms with E-state index < -0.39 is 25.0 Å². The summed E-state index contributed by atoms with van der Waals surface area (Å²) in [6.07, 6.45) is 0. The molecule has 0 atom stereocenters. The molecule has 1 rings (SSSR count). The Morgan fingerprint density at radius 2 is 1.35 bits per heavy atom. The topological polar surface area (TPSA) is 40.0 Å². The van der Waals surface area contributed by atoms with Crippen LogP contribution in [-0.4, -0.2) is 30.8 Å². The van der Waals surface area contributed by atoms with Crippen LogP contribution in [-0.2, 0) is 8.95 Å². The molecule has 0 fully saturated rings. The van der Waals surface area contributed by atoms with Gasteiger partial charge in [-0.1, -0.05) is 17.3 Å². The van der Waals surface area contributed by atoms with Gasteiger partial charge in [-0.3, -0.25) is 0 Å². The fraction of sp³-hybridized carbons (Fsp3) is 0.562. The van der Waals surface area contributed by atoms with E-state index in [1.165, 1.54) is 0 Å². The Labute approximate surface area is 144 Å². The first-order valence-electron chi connectivity index (χ1n) is 8.00. The number of rotatable bonds is 6. The van der Waals surface area contributed by atoms with Crippen molar-refractivity contribution in [1.82, 2.24) is 0 Å². The fourth-order valence-corrected chi connectivity index (χ4v) is 3.58. The molecule has 0 spiro atoms. The van der Waals surface area contributed by atoms with Crippen LogP contribution in [0.1, 0.15) is 5.56 Å². The van der Waals surface area contributed by atoms with Gasteiger partial charge in [-0.05, 0) is 71.1 Å². The van der Waals surface area contributed by atoms with Gasteiger partial charge in [0.25, 0.3) is 8.32 Å². The second-order valence-electron chi connectivity index (χ2n) is 8.53. The second kappa shape index (κ2) is 7.23. The highest BCUT2D eigenvalue weighted by atomic mass is 28.4. The van der Waals surface area contributed by atoms with Crippen molar-refractivity contribution in [2.24, 2.45) is 5.16 Å². The lowest BCUT2D eigenvalue weighted by Crippen LogP contribution is -2.33. The quantitative estimate of drug-likeness (QED) is 0.297. The second-order valence-corrected chi connectivity index (χ2v) is 21.8. The van der Waals surface area contributed by atoms with Gasteiger partial charge in [0.1, 0.15) is 5.75 Å². The molecule has 0 radical (unpaired) electrons. The van der Waals surface area contributed by atoms with E-state index in [9.17, 15) is 0 Å². The summed E-state index contributed by atoms with van der Waals surface area (Å²) < 4.78 is 18.2. The monoisotopic (exact) mass is 369 g/mol. The summed E-state index contributed by atoms with van der Waals surface area (Å²) in [5.74, 6) is 1.36. The largest absolute Gasteiger partial charge is 0.544 e. The number of hydrogen-bond donors (Lipinski definition) is 0. The van der Waals surface area contributed by atoms with Crippen LogP contribution in [0.25, 0.3) is 0 Å². The van der Waals surface area contributed by atoms with Crippen molar-refractivity contribution in [3.63, 3.8) is 0 Å². The molecule has 130 valence electrons. The lowest BCUT2D eigenvalue weighted by atomic mass is 10.2. The van der Waals surface area contributed by atoms with E-state index in [0.717, 1.165) is 11.3 Å². The molecule has 0 N–H and O–H groups in total. The number of benzene rings is 1. The van der Waals surface area contributed by atoms with Gasteiger partial charge in [-0.25, -0.2) is 0 Å². The Morgan fingerprint density at radius 1 is 0.783 bits per heavy atom. The Bertz CT molecular complexity index is 555. The lowest BCUT2D eigenvalue weighted by Gasteiger charge is -2.25. The molecule has 1 aromatic rings. The van der Waals surface area contributed by atoms with Gasteiger partial charge in [-0.2, -0.15) is 0 Å². The molecule has 0 aromatic heterocycles. The van der Waals surface area contributed by atoms with Gasteiger partial charge < -0.3 is 13.4 Å². The molecule has 0 aliphatic heterocycles. The van der Waals surface area contributed by atoms with Crippen molar-refractivity contribution >= 4 is 30.8 Å². The lowest BCUT2D eigenvalue weighted by molar-refractivity contribution is 0.319. The summed E-state index contributed by atoms with van der Waals surface area (Å²) in [5.41, 5.74) is 0.871. The van der Waals surface area contributed by atoms with Crippen LogP contribution in [0.15, 0.2) is 29.4 Å². The van der Waals surface area contributed by atoms with E-state index in [1.54, 1.807) is 0 Å². The smallest absolute Gasteiger partial charge is 0.278 e. The highest BCUT2D eigenvalue weighted by Crippen LogP contribution is 2.25. The fourth-order valence-electron chi connectivity index (χ4n) is 1.65. The maximum absolute atomic E-state index is 6.21. The molecule has 4 nitrogen and oxygen atoms in total. The summed E-state index contributed by atoms with van der Waals surface area (Å²) in [7, 11) is -5.32. The van der Waals surface area contributed by atoms with Crippen LogP contribution in [0.2, 0.25) is 58.9 Å². The molecule has 0 bridgehead atoms. The summed E-state index contributed by atoms with van der Waals surface area (Å²) in [5, 5.41) is 4.37. The van der Waals surface area contributed by atoms with Gasteiger partial charge in [0.05, 0.1) is 5.56 Å². The van der Waals surface area contributed by atoms with Crippen molar-refractivity contribution in [2.45, 2.75) is 58.9 Å². The molecule has 1 aromatic carbocycles. The molecular formula is C16H31NO3Si3. The maximum atomic E-state index is 6.21. The normalized spacial score (nSPS) is 13.7. The Hall–Kier alpha value is -1.06.